The van der Waals surface area contributed by atoms with Crippen LogP contribution in [-0.2, 0) is 0 Å². The molecule has 0 bridgehead atoms. The van der Waals surface area contributed by atoms with Gasteiger partial charge < -0.3 is 19.9 Å². The highest BCUT2D eigenvalue weighted by atomic mass is 16.5. The van der Waals surface area contributed by atoms with Crippen molar-refractivity contribution in [3.05, 3.63) is 71.9 Å². The fraction of sp³-hybridized carbons (Fsp3) is 0.367. The summed E-state index contributed by atoms with van der Waals surface area (Å²) in [7, 11) is 4.06. The Balaban J connectivity index is 1.35. The topological polar surface area (TPSA) is 112 Å². The lowest BCUT2D eigenvalue weighted by Gasteiger charge is -2.44. The second kappa shape index (κ2) is 11.3. The molecule has 0 aliphatic carbocycles. The van der Waals surface area contributed by atoms with E-state index in [0.29, 0.717) is 23.6 Å². The molecule has 0 spiro atoms. The van der Waals surface area contributed by atoms with Crippen LogP contribution >= 0.6 is 0 Å². The monoisotopic (exact) mass is 538 g/mol. The summed E-state index contributed by atoms with van der Waals surface area (Å²) in [6.07, 6.45) is 8.41. The highest BCUT2D eigenvalue weighted by Crippen LogP contribution is 2.32. The Morgan fingerprint density at radius 1 is 1.20 bits per heavy atom. The number of rotatable bonds is 8. The normalized spacial score (nSPS) is 14.8. The van der Waals surface area contributed by atoms with Crippen LogP contribution in [0.5, 0.6) is 5.75 Å². The molecule has 5 heterocycles. The number of likely N-dealkylation sites (N-methyl/N-ethyl adjacent to an activating group) is 1. The standard InChI is InChI=1S/C30H34N8O2/c1-5-40-24-15-25(28-23(16-31)18-34-38(28)19-24)22-8-9-26(33-17-22)37-13-10-30(11-14-37,20-36(3)4)35-29(39)27-21(2)7-6-12-32-27/h6-9,12,15,17-19H,5,10-11,13-14,20H2,1-4H3,(H,35,39). The number of piperidine rings is 1. The number of nitrogens with one attached hydrogen (secondary N) is 1. The van der Waals surface area contributed by atoms with E-state index in [9.17, 15) is 10.1 Å². The van der Waals surface area contributed by atoms with Crippen LogP contribution in [0.15, 0.2) is 55.1 Å². The van der Waals surface area contributed by atoms with Gasteiger partial charge in [0.25, 0.3) is 5.91 Å². The number of pyridine rings is 3. The molecule has 1 N–H and O–H groups in total. The Morgan fingerprint density at radius 2 is 2.00 bits per heavy atom. The fourth-order valence-corrected chi connectivity index (χ4v) is 5.49. The highest BCUT2D eigenvalue weighted by molar-refractivity contribution is 5.94. The lowest BCUT2D eigenvalue weighted by atomic mass is 9.86. The lowest BCUT2D eigenvalue weighted by Crippen LogP contribution is -2.60. The molecule has 10 heteroatoms. The number of amides is 1. The zero-order valence-electron chi connectivity index (χ0n) is 23.4. The Hall–Kier alpha value is -4.49. The number of anilines is 1. The van der Waals surface area contributed by atoms with Crippen LogP contribution in [0.25, 0.3) is 16.6 Å². The molecule has 1 amide bonds. The van der Waals surface area contributed by atoms with Gasteiger partial charge in [-0.1, -0.05) is 6.07 Å². The van der Waals surface area contributed by atoms with Crippen molar-refractivity contribution in [1.82, 2.24) is 29.8 Å². The summed E-state index contributed by atoms with van der Waals surface area (Å²) in [5.41, 5.74) is 3.93. The summed E-state index contributed by atoms with van der Waals surface area (Å²) in [6, 6.07) is 11.9. The van der Waals surface area contributed by atoms with Crippen LogP contribution in [0.1, 0.15) is 41.4 Å². The molecule has 0 unspecified atom stereocenters. The van der Waals surface area contributed by atoms with E-state index < -0.39 is 0 Å². The molecule has 1 saturated heterocycles. The van der Waals surface area contributed by atoms with E-state index in [1.54, 1.807) is 23.1 Å². The van der Waals surface area contributed by atoms with Crippen LogP contribution < -0.4 is 15.0 Å². The molecule has 0 aromatic carbocycles. The third-order valence-corrected chi connectivity index (χ3v) is 7.34. The minimum absolute atomic E-state index is 0.131. The van der Waals surface area contributed by atoms with E-state index in [1.165, 1.54) is 0 Å². The van der Waals surface area contributed by atoms with Crippen molar-refractivity contribution >= 4 is 17.2 Å². The Labute approximate surface area is 234 Å². The van der Waals surface area contributed by atoms with Crippen molar-refractivity contribution in [3.63, 3.8) is 0 Å². The number of hydrogen-bond donors (Lipinski definition) is 1. The third-order valence-electron chi connectivity index (χ3n) is 7.34. The maximum absolute atomic E-state index is 13.2. The van der Waals surface area contributed by atoms with Crippen molar-refractivity contribution in [3.8, 4) is 22.9 Å². The van der Waals surface area contributed by atoms with Crippen molar-refractivity contribution in [2.45, 2.75) is 32.2 Å². The molecule has 0 radical (unpaired) electrons. The van der Waals surface area contributed by atoms with Crippen molar-refractivity contribution in [2.24, 2.45) is 0 Å². The van der Waals surface area contributed by atoms with E-state index in [4.69, 9.17) is 9.72 Å². The molecule has 1 aliphatic heterocycles. The van der Waals surface area contributed by atoms with Crippen molar-refractivity contribution in [1.29, 1.82) is 5.26 Å². The van der Waals surface area contributed by atoms with Crippen LogP contribution in [0, 0.1) is 18.3 Å². The summed E-state index contributed by atoms with van der Waals surface area (Å²) < 4.78 is 7.42. The number of hydrogen-bond acceptors (Lipinski definition) is 8. The quantitative estimate of drug-likeness (QED) is 0.362. The van der Waals surface area contributed by atoms with E-state index in [-0.39, 0.29) is 11.4 Å². The number of aryl methyl sites for hydroxylation is 1. The molecule has 4 aromatic rings. The van der Waals surface area contributed by atoms with E-state index in [1.807, 2.05) is 64.5 Å². The molecular formula is C30H34N8O2. The highest BCUT2D eigenvalue weighted by Gasteiger charge is 2.37. The molecule has 40 heavy (non-hydrogen) atoms. The summed E-state index contributed by atoms with van der Waals surface area (Å²) in [5.74, 6) is 1.42. The Bertz CT molecular complexity index is 1550. The Morgan fingerprint density at radius 3 is 2.65 bits per heavy atom. The molecule has 4 aromatic heterocycles. The Kier molecular flexibility index (Phi) is 7.67. The number of aromatic nitrogens is 4. The van der Waals surface area contributed by atoms with Gasteiger partial charge in [0.05, 0.1) is 35.6 Å². The first-order valence-electron chi connectivity index (χ1n) is 13.5. The molecule has 206 valence electrons. The molecule has 10 nitrogen and oxygen atoms in total. The first kappa shape index (κ1) is 27.1. The smallest absolute Gasteiger partial charge is 0.270 e. The number of ether oxygens (including phenoxy) is 1. The van der Waals surface area contributed by atoms with Crippen molar-refractivity contribution < 1.29 is 9.53 Å². The number of nitrogens with zero attached hydrogens (tertiary/aromatic N) is 7. The largest absolute Gasteiger partial charge is 0.492 e. The van der Waals surface area contributed by atoms with Gasteiger partial charge in [0.1, 0.15) is 23.3 Å². The zero-order valence-corrected chi connectivity index (χ0v) is 23.4. The van der Waals surface area contributed by atoms with Gasteiger partial charge in [-0.2, -0.15) is 10.4 Å². The number of nitriles is 1. The van der Waals surface area contributed by atoms with Gasteiger partial charge in [0, 0.05) is 43.2 Å². The zero-order chi connectivity index (χ0) is 28.3. The first-order chi connectivity index (χ1) is 19.3. The maximum Gasteiger partial charge on any atom is 0.270 e. The average Bonchev–Trinajstić information content (AvgIpc) is 3.36. The van der Waals surface area contributed by atoms with Gasteiger partial charge in [0.15, 0.2) is 0 Å². The average molecular weight is 539 g/mol. The van der Waals surface area contributed by atoms with Gasteiger partial charge in [-0.3, -0.25) is 9.78 Å². The molecule has 0 saturated carbocycles. The second-order valence-electron chi connectivity index (χ2n) is 10.5. The third kappa shape index (κ3) is 5.46. The summed E-state index contributed by atoms with van der Waals surface area (Å²) in [5, 5.41) is 17.3. The SMILES string of the molecule is CCOc1cc(-c2ccc(N3CCC(CN(C)C)(NC(=O)c4ncccc4C)CC3)nc2)c2c(C#N)cnn2c1. The van der Waals surface area contributed by atoms with Gasteiger partial charge in [-0.05, 0) is 70.6 Å². The number of carbonyl (C=O) groups excluding carboxylic acids is 1. The van der Waals surface area contributed by atoms with Gasteiger partial charge in [-0.15, -0.1) is 0 Å². The predicted octanol–water partition coefficient (Wildman–Crippen LogP) is 3.70. The lowest BCUT2D eigenvalue weighted by molar-refractivity contribution is 0.0846. The summed E-state index contributed by atoms with van der Waals surface area (Å²) in [6.45, 7) is 6.62. The number of fused-ring (bicyclic) bond motifs is 1. The van der Waals surface area contributed by atoms with E-state index in [2.05, 4.69) is 31.3 Å². The first-order valence-corrected chi connectivity index (χ1v) is 13.5. The number of carbonyl (C=O) groups is 1. The summed E-state index contributed by atoms with van der Waals surface area (Å²) >= 11 is 0. The molecule has 1 aliphatic rings. The van der Waals surface area contributed by atoms with Gasteiger partial charge in [-0.25, -0.2) is 9.50 Å². The van der Waals surface area contributed by atoms with Crippen molar-refractivity contribution in [2.75, 3.05) is 45.2 Å². The van der Waals surface area contributed by atoms with Crippen LogP contribution in [0.4, 0.5) is 5.82 Å². The maximum atomic E-state index is 13.2. The second-order valence-corrected chi connectivity index (χ2v) is 10.5. The minimum atomic E-state index is -0.359. The molecule has 5 rings (SSSR count). The molecular weight excluding hydrogens is 504 g/mol. The molecule has 0 atom stereocenters. The van der Waals surface area contributed by atoms with Crippen LogP contribution in [-0.4, -0.2) is 76.3 Å². The van der Waals surface area contributed by atoms with Crippen LogP contribution in [0.2, 0.25) is 0 Å². The van der Waals surface area contributed by atoms with Gasteiger partial charge in [0.2, 0.25) is 0 Å². The van der Waals surface area contributed by atoms with Gasteiger partial charge >= 0.3 is 0 Å². The van der Waals surface area contributed by atoms with E-state index >= 15 is 0 Å². The fourth-order valence-electron chi connectivity index (χ4n) is 5.49. The minimum Gasteiger partial charge on any atom is -0.492 e. The van der Waals surface area contributed by atoms with Crippen LogP contribution in [0.3, 0.4) is 0 Å². The summed E-state index contributed by atoms with van der Waals surface area (Å²) in [4.78, 5) is 26.7. The predicted molar refractivity (Wildman–Crippen MR) is 153 cm³/mol. The van der Waals surface area contributed by atoms with E-state index in [0.717, 1.165) is 60.5 Å². The molecule has 1 fully saturated rings.